The van der Waals surface area contributed by atoms with Crippen LogP contribution in [0, 0.1) is 11.3 Å². The normalized spacial score (nSPS) is 14.0. The first-order chi connectivity index (χ1) is 10.5. The number of hydrogen-bond acceptors (Lipinski definition) is 4. The summed E-state index contributed by atoms with van der Waals surface area (Å²) in [5.41, 5.74) is -0.201. The van der Waals surface area contributed by atoms with Crippen molar-refractivity contribution in [3.05, 3.63) is 0 Å². The van der Waals surface area contributed by atoms with E-state index in [4.69, 9.17) is 9.47 Å². The number of nitrogens with one attached hydrogen (secondary N) is 2. The fourth-order valence-electron chi connectivity index (χ4n) is 1.91. The molecule has 0 rings (SSSR count). The van der Waals surface area contributed by atoms with E-state index in [-0.39, 0.29) is 11.5 Å². The third kappa shape index (κ3) is 11.4. The number of ether oxygens (including phenoxy) is 2. The largest absolute Gasteiger partial charge is 0.444 e. The van der Waals surface area contributed by atoms with E-state index >= 15 is 0 Å². The Morgan fingerprint density at radius 1 is 1.13 bits per heavy atom. The number of amides is 1. The molecule has 0 aliphatic heterocycles. The van der Waals surface area contributed by atoms with Crippen LogP contribution >= 0.6 is 0 Å². The summed E-state index contributed by atoms with van der Waals surface area (Å²) in [7, 11) is 1.72. The van der Waals surface area contributed by atoms with Gasteiger partial charge in [-0.15, -0.1) is 0 Å². The smallest absolute Gasteiger partial charge is 0.407 e. The monoisotopic (exact) mass is 330 g/mol. The molecular formula is C18H38N2O3. The van der Waals surface area contributed by atoms with E-state index in [0.29, 0.717) is 25.1 Å². The van der Waals surface area contributed by atoms with Gasteiger partial charge in [0.1, 0.15) is 5.60 Å². The maximum absolute atomic E-state index is 11.6. The minimum atomic E-state index is -0.452. The molecule has 5 nitrogen and oxygen atoms in total. The molecular weight excluding hydrogens is 292 g/mol. The van der Waals surface area contributed by atoms with Gasteiger partial charge in [-0.2, -0.15) is 0 Å². The second-order valence-electron chi connectivity index (χ2n) is 8.25. The molecule has 0 saturated heterocycles. The Kier molecular flexibility index (Phi) is 9.78. The summed E-state index contributed by atoms with van der Waals surface area (Å²) >= 11 is 0. The van der Waals surface area contributed by atoms with Gasteiger partial charge in [-0.25, -0.2) is 4.79 Å². The van der Waals surface area contributed by atoms with Crippen molar-refractivity contribution < 1.29 is 14.3 Å². The molecule has 0 fully saturated rings. The number of hydrogen-bond donors (Lipinski definition) is 2. The van der Waals surface area contributed by atoms with Gasteiger partial charge in [0.15, 0.2) is 0 Å². The lowest BCUT2D eigenvalue weighted by atomic mass is 9.81. The van der Waals surface area contributed by atoms with Crippen molar-refractivity contribution in [2.24, 2.45) is 11.3 Å². The third-order valence-electron chi connectivity index (χ3n) is 4.17. The summed E-state index contributed by atoms with van der Waals surface area (Å²) in [6, 6.07) is 0.304. The molecule has 0 aromatic rings. The summed E-state index contributed by atoms with van der Waals surface area (Å²) in [5.74, 6) is 0.618. The van der Waals surface area contributed by atoms with Crippen LogP contribution in [-0.4, -0.2) is 44.5 Å². The molecule has 0 bridgehead atoms. The Hall–Kier alpha value is -0.810. The predicted molar refractivity (Wildman–Crippen MR) is 95.8 cm³/mol. The molecule has 1 amide bonds. The number of methoxy groups -OCH3 is 1. The minimum absolute atomic E-state index is 0.251. The lowest BCUT2D eigenvalue weighted by Crippen LogP contribution is -2.42. The SMILES string of the molecule is COCC(CCCNC(=O)OC(C)(C)C)NCC(C)(C)C(C)C. The number of carbonyl (C=O) groups excluding carboxylic acids is 1. The Morgan fingerprint density at radius 2 is 1.74 bits per heavy atom. The maximum Gasteiger partial charge on any atom is 0.407 e. The average Bonchev–Trinajstić information content (AvgIpc) is 2.38. The molecule has 0 aromatic carbocycles. The molecule has 1 unspecified atom stereocenters. The van der Waals surface area contributed by atoms with Crippen molar-refractivity contribution in [3.8, 4) is 0 Å². The number of rotatable bonds is 10. The first kappa shape index (κ1) is 22.2. The van der Waals surface area contributed by atoms with Gasteiger partial charge in [0.05, 0.1) is 6.61 Å². The van der Waals surface area contributed by atoms with E-state index in [1.807, 2.05) is 20.8 Å². The van der Waals surface area contributed by atoms with E-state index in [0.717, 1.165) is 19.4 Å². The first-order valence-corrected chi connectivity index (χ1v) is 8.67. The van der Waals surface area contributed by atoms with Crippen molar-refractivity contribution in [2.75, 3.05) is 26.8 Å². The summed E-state index contributed by atoms with van der Waals surface area (Å²) in [4.78, 5) is 11.6. The number of carbonyl (C=O) groups is 1. The summed E-state index contributed by atoms with van der Waals surface area (Å²) in [5, 5.41) is 6.40. The third-order valence-corrected chi connectivity index (χ3v) is 4.17. The van der Waals surface area contributed by atoms with Crippen molar-refractivity contribution in [1.29, 1.82) is 0 Å². The van der Waals surface area contributed by atoms with Gasteiger partial charge >= 0.3 is 6.09 Å². The van der Waals surface area contributed by atoms with E-state index in [1.165, 1.54) is 0 Å². The number of alkyl carbamates (subject to hydrolysis) is 1. The molecule has 23 heavy (non-hydrogen) atoms. The first-order valence-electron chi connectivity index (χ1n) is 8.67. The lowest BCUT2D eigenvalue weighted by Gasteiger charge is -2.32. The van der Waals surface area contributed by atoms with Crippen LogP contribution in [0.3, 0.4) is 0 Å². The lowest BCUT2D eigenvalue weighted by molar-refractivity contribution is 0.0526. The van der Waals surface area contributed by atoms with Crippen LogP contribution in [0.4, 0.5) is 4.79 Å². The van der Waals surface area contributed by atoms with Gasteiger partial charge in [-0.3, -0.25) is 0 Å². The standard InChI is InChI=1S/C18H38N2O3/c1-14(2)18(6,7)13-20-15(12-22-8)10-9-11-19-16(21)23-17(3,4)5/h14-15,20H,9-13H2,1-8H3,(H,19,21). The quantitative estimate of drug-likeness (QED) is 0.601. The van der Waals surface area contributed by atoms with E-state index in [1.54, 1.807) is 7.11 Å². The molecule has 2 N–H and O–H groups in total. The van der Waals surface area contributed by atoms with Gasteiger partial charge in [0.2, 0.25) is 0 Å². The van der Waals surface area contributed by atoms with Gasteiger partial charge in [0, 0.05) is 26.2 Å². The molecule has 0 heterocycles. The fourth-order valence-corrected chi connectivity index (χ4v) is 1.91. The molecule has 138 valence electrons. The summed E-state index contributed by atoms with van der Waals surface area (Å²) in [6.45, 7) is 16.9. The van der Waals surface area contributed by atoms with Crippen molar-refractivity contribution in [1.82, 2.24) is 10.6 Å². The van der Waals surface area contributed by atoms with Crippen LogP contribution in [0.5, 0.6) is 0 Å². The van der Waals surface area contributed by atoms with Crippen LogP contribution in [-0.2, 0) is 9.47 Å². The van der Waals surface area contributed by atoms with Crippen LogP contribution < -0.4 is 10.6 Å². The van der Waals surface area contributed by atoms with Crippen molar-refractivity contribution >= 4 is 6.09 Å². The zero-order valence-corrected chi connectivity index (χ0v) is 16.4. The molecule has 5 heteroatoms. The van der Waals surface area contributed by atoms with Crippen LogP contribution in [0.1, 0.15) is 61.3 Å². The van der Waals surface area contributed by atoms with Gasteiger partial charge in [0.25, 0.3) is 0 Å². The zero-order chi connectivity index (χ0) is 18.1. The second kappa shape index (κ2) is 10.1. The molecule has 0 radical (unpaired) electrons. The Morgan fingerprint density at radius 3 is 2.22 bits per heavy atom. The Bertz CT molecular complexity index is 336. The van der Waals surface area contributed by atoms with E-state index < -0.39 is 5.60 Å². The van der Waals surface area contributed by atoms with Crippen LogP contribution in [0.15, 0.2) is 0 Å². The van der Waals surface area contributed by atoms with E-state index in [2.05, 4.69) is 38.3 Å². The maximum atomic E-state index is 11.6. The topological polar surface area (TPSA) is 59.6 Å². The van der Waals surface area contributed by atoms with Crippen molar-refractivity contribution in [2.45, 2.75) is 73.0 Å². The molecule has 0 aliphatic carbocycles. The highest BCUT2D eigenvalue weighted by atomic mass is 16.6. The van der Waals surface area contributed by atoms with Gasteiger partial charge in [-0.05, 0) is 44.9 Å². The Balaban J connectivity index is 4.08. The highest BCUT2D eigenvalue weighted by Crippen LogP contribution is 2.25. The fraction of sp³-hybridized carbons (Fsp3) is 0.944. The average molecular weight is 331 g/mol. The zero-order valence-electron chi connectivity index (χ0n) is 16.4. The summed E-state index contributed by atoms with van der Waals surface area (Å²) in [6.07, 6.45) is 1.50. The van der Waals surface area contributed by atoms with Crippen molar-refractivity contribution in [3.63, 3.8) is 0 Å². The molecule has 0 aromatic heterocycles. The minimum Gasteiger partial charge on any atom is -0.444 e. The predicted octanol–water partition coefficient (Wildman–Crippen LogP) is 3.58. The van der Waals surface area contributed by atoms with Crippen LogP contribution in [0.25, 0.3) is 0 Å². The van der Waals surface area contributed by atoms with E-state index in [9.17, 15) is 4.79 Å². The Labute approximate surface area is 142 Å². The van der Waals surface area contributed by atoms with Gasteiger partial charge in [-0.1, -0.05) is 27.7 Å². The summed E-state index contributed by atoms with van der Waals surface area (Å²) < 4.78 is 10.5. The second-order valence-corrected chi connectivity index (χ2v) is 8.25. The highest BCUT2D eigenvalue weighted by Gasteiger charge is 2.23. The highest BCUT2D eigenvalue weighted by molar-refractivity contribution is 5.67. The molecule has 0 spiro atoms. The molecule has 1 atom stereocenters. The molecule has 0 aliphatic rings. The van der Waals surface area contributed by atoms with Crippen LogP contribution in [0.2, 0.25) is 0 Å². The molecule has 0 saturated carbocycles. The van der Waals surface area contributed by atoms with Gasteiger partial charge < -0.3 is 20.1 Å².